The highest BCUT2D eigenvalue weighted by atomic mass is 32.2. The van der Waals surface area contributed by atoms with Crippen LogP contribution < -0.4 is 10.1 Å². The minimum atomic E-state index is -4.42. The van der Waals surface area contributed by atoms with E-state index < -0.39 is 20.2 Å². The van der Waals surface area contributed by atoms with Gasteiger partial charge in [0.05, 0.1) is 29.9 Å². The monoisotopic (exact) mass is 664 g/mol. The minimum Gasteiger partial charge on any atom is -0.494 e. The molecule has 0 aliphatic carbocycles. The van der Waals surface area contributed by atoms with Crippen LogP contribution in [0.3, 0.4) is 0 Å². The lowest BCUT2D eigenvalue weighted by Gasteiger charge is -2.12. The van der Waals surface area contributed by atoms with Crippen LogP contribution in [-0.4, -0.2) is 65.3 Å². The fraction of sp³-hybridized carbons (Fsp3) is 0.269. The summed E-state index contributed by atoms with van der Waals surface area (Å²) in [6.07, 6.45) is 1.15. The third-order valence-corrected chi connectivity index (χ3v) is 9.33. The van der Waals surface area contributed by atoms with Crippen LogP contribution in [0, 0.1) is 0 Å². The smallest absolute Gasteiger partial charge is 0.295 e. The molecular weight excluding hydrogens is 637 g/mol. The molecule has 0 atom stereocenters. The average molecular weight is 665 g/mol. The van der Waals surface area contributed by atoms with E-state index in [2.05, 4.69) is 30.5 Å². The predicted molar refractivity (Wildman–Crippen MR) is 167 cm³/mol. The lowest BCUT2D eigenvalue weighted by Crippen LogP contribution is -2.06. The number of aromatic nitrogens is 3. The van der Waals surface area contributed by atoms with Crippen LogP contribution in [0.25, 0.3) is 10.8 Å². The normalized spacial score (nSPS) is 12.2. The third kappa shape index (κ3) is 9.57. The summed E-state index contributed by atoms with van der Waals surface area (Å²) < 4.78 is 69.6. The Morgan fingerprint density at radius 2 is 1.56 bits per heavy atom. The molecule has 0 saturated carbocycles. The predicted octanol–water partition coefficient (Wildman–Crippen LogP) is 6.31. The van der Waals surface area contributed by atoms with Gasteiger partial charge in [0.2, 0.25) is 5.95 Å². The summed E-state index contributed by atoms with van der Waals surface area (Å²) in [5, 5.41) is 13.5. The van der Waals surface area contributed by atoms with Crippen molar-refractivity contribution in [3.8, 4) is 5.75 Å². The van der Waals surface area contributed by atoms with E-state index in [9.17, 15) is 21.4 Å². The van der Waals surface area contributed by atoms with Gasteiger partial charge in [-0.2, -0.15) is 42.0 Å². The minimum absolute atomic E-state index is 0.214. The fourth-order valence-electron chi connectivity index (χ4n) is 3.72. The van der Waals surface area contributed by atoms with Crippen molar-refractivity contribution in [1.82, 2.24) is 15.0 Å². The van der Waals surface area contributed by atoms with Crippen molar-refractivity contribution in [3.05, 3.63) is 54.6 Å². The SMILES string of the molecule is CCCSc1nc(Nc2ccc(N=Nc3ccc4cccc(S(=O)(=O)O)c4c3)cc2OC)nc(SCCCS(=O)(=O)O)n1. The van der Waals surface area contributed by atoms with E-state index in [0.717, 1.165) is 12.2 Å². The van der Waals surface area contributed by atoms with Crippen molar-refractivity contribution in [2.24, 2.45) is 10.2 Å². The molecule has 17 heteroatoms. The molecule has 1 heterocycles. The van der Waals surface area contributed by atoms with E-state index in [4.69, 9.17) is 9.29 Å². The second-order valence-electron chi connectivity index (χ2n) is 8.91. The zero-order valence-electron chi connectivity index (χ0n) is 23.0. The highest BCUT2D eigenvalue weighted by Crippen LogP contribution is 2.33. The Labute approximate surface area is 257 Å². The number of thioether (sulfide) groups is 2. The molecule has 13 nitrogen and oxygen atoms in total. The number of ether oxygens (including phenoxy) is 1. The number of methoxy groups -OCH3 is 1. The molecule has 0 aliphatic heterocycles. The van der Waals surface area contributed by atoms with Crippen LogP contribution in [0.4, 0.5) is 23.0 Å². The van der Waals surface area contributed by atoms with Gasteiger partial charge in [-0.25, -0.2) is 0 Å². The Kier molecular flexibility index (Phi) is 10.9. The number of fused-ring (bicyclic) bond motifs is 1. The van der Waals surface area contributed by atoms with Crippen molar-refractivity contribution in [1.29, 1.82) is 0 Å². The molecule has 0 bridgehead atoms. The molecule has 3 aromatic carbocycles. The maximum Gasteiger partial charge on any atom is 0.295 e. The maximum absolute atomic E-state index is 11.8. The van der Waals surface area contributed by atoms with Gasteiger partial charge in [0.25, 0.3) is 20.2 Å². The number of hydrogen-bond acceptors (Lipinski definition) is 13. The summed E-state index contributed by atoms with van der Waals surface area (Å²) >= 11 is 2.72. The molecule has 4 rings (SSSR count). The van der Waals surface area contributed by atoms with Crippen LogP contribution in [0.1, 0.15) is 19.8 Å². The first-order valence-corrected chi connectivity index (χ1v) is 17.8. The number of benzene rings is 3. The van der Waals surface area contributed by atoms with E-state index >= 15 is 0 Å². The Morgan fingerprint density at radius 3 is 2.21 bits per heavy atom. The quantitative estimate of drug-likeness (QED) is 0.0588. The molecule has 0 spiro atoms. The van der Waals surface area contributed by atoms with Gasteiger partial charge in [-0.05, 0) is 48.6 Å². The molecule has 0 saturated heterocycles. The van der Waals surface area contributed by atoms with Crippen LogP contribution >= 0.6 is 23.5 Å². The van der Waals surface area contributed by atoms with Gasteiger partial charge in [-0.15, -0.1) is 0 Å². The van der Waals surface area contributed by atoms with Crippen molar-refractivity contribution >= 4 is 77.5 Å². The molecule has 0 fully saturated rings. The Hall–Kier alpha value is -3.35. The molecule has 1 aromatic heterocycles. The van der Waals surface area contributed by atoms with Gasteiger partial charge >= 0.3 is 0 Å². The van der Waals surface area contributed by atoms with Gasteiger partial charge in [0.1, 0.15) is 10.6 Å². The summed E-state index contributed by atoms with van der Waals surface area (Å²) in [6.45, 7) is 2.04. The van der Waals surface area contributed by atoms with Gasteiger partial charge < -0.3 is 10.1 Å². The summed E-state index contributed by atoms with van der Waals surface area (Å²) in [5.74, 6) is 1.53. The molecule has 0 aliphatic rings. The molecular formula is C26H28N6O7S4. The highest BCUT2D eigenvalue weighted by molar-refractivity contribution is 7.99. The summed E-state index contributed by atoms with van der Waals surface area (Å²) in [6, 6.07) is 14.5. The van der Waals surface area contributed by atoms with Crippen LogP contribution in [0.5, 0.6) is 5.75 Å². The first-order chi connectivity index (χ1) is 20.4. The Balaban J connectivity index is 1.54. The molecule has 4 aromatic rings. The van der Waals surface area contributed by atoms with E-state index in [0.29, 0.717) is 49.6 Å². The second-order valence-corrected chi connectivity index (χ2v) is 14.0. The zero-order chi connectivity index (χ0) is 31.0. The Bertz CT molecular complexity index is 1850. The summed E-state index contributed by atoms with van der Waals surface area (Å²) in [7, 11) is -6.96. The van der Waals surface area contributed by atoms with Gasteiger partial charge in [0.15, 0.2) is 10.3 Å². The number of nitrogens with one attached hydrogen (secondary N) is 1. The first-order valence-electron chi connectivity index (χ1n) is 12.8. The molecule has 0 unspecified atom stereocenters. The molecule has 0 amide bonds. The van der Waals surface area contributed by atoms with E-state index in [-0.39, 0.29) is 23.0 Å². The average Bonchev–Trinajstić information content (AvgIpc) is 2.96. The number of azo groups is 1. The second kappa shape index (κ2) is 14.4. The van der Waals surface area contributed by atoms with Gasteiger partial charge in [-0.1, -0.05) is 48.6 Å². The standard InChI is InChI=1S/C26H28N6O7S4/c1-3-12-40-25-28-24(29-26(30-25)41-13-5-14-42(33,34)35)27-21-11-10-19(16-22(21)39-2)32-31-18-9-8-17-6-4-7-23(20(17)15-18)43(36,37)38/h4,6-11,15-16H,3,5,12-14H2,1-2H3,(H,33,34,35)(H,36,37,38)(H,27,28,29,30). The van der Waals surface area contributed by atoms with Crippen molar-refractivity contribution < 1.29 is 30.7 Å². The number of rotatable bonds is 14. The van der Waals surface area contributed by atoms with Gasteiger partial charge in [-0.3, -0.25) is 9.11 Å². The summed E-state index contributed by atoms with van der Waals surface area (Å²) in [5.41, 5.74) is 1.38. The summed E-state index contributed by atoms with van der Waals surface area (Å²) in [4.78, 5) is 13.1. The van der Waals surface area contributed by atoms with E-state index in [1.54, 1.807) is 42.5 Å². The van der Waals surface area contributed by atoms with Crippen molar-refractivity contribution in [3.63, 3.8) is 0 Å². The van der Waals surface area contributed by atoms with Crippen molar-refractivity contribution in [2.75, 3.05) is 29.7 Å². The van der Waals surface area contributed by atoms with Crippen LogP contribution in [-0.2, 0) is 20.2 Å². The number of nitrogens with zero attached hydrogens (tertiary/aromatic N) is 5. The number of hydrogen-bond donors (Lipinski definition) is 3. The third-order valence-electron chi connectivity index (χ3n) is 5.62. The lowest BCUT2D eigenvalue weighted by atomic mass is 10.1. The largest absolute Gasteiger partial charge is 0.494 e. The van der Waals surface area contributed by atoms with E-state index in [1.165, 1.54) is 42.8 Å². The zero-order valence-corrected chi connectivity index (χ0v) is 26.3. The van der Waals surface area contributed by atoms with E-state index in [1.807, 2.05) is 6.92 Å². The van der Waals surface area contributed by atoms with Crippen LogP contribution in [0.2, 0.25) is 0 Å². The van der Waals surface area contributed by atoms with Crippen molar-refractivity contribution in [2.45, 2.75) is 35.0 Å². The first kappa shape index (κ1) is 32.6. The topological polar surface area (TPSA) is 193 Å². The maximum atomic E-state index is 11.8. The Morgan fingerprint density at radius 1 is 0.884 bits per heavy atom. The number of anilines is 2. The fourth-order valence-corrected chi connectivity index (χ4v) is 6.64. The molecule has 3 N–H and O–H groups in total. The van der Waals surface area contributed by atoms with Gasteiger partial charge in [0, 0.05) is 23.0 Å². The molecule has 43 heavy (non-hydrogen) atoms. The molecule has 228 valence electrons. The molecule has 0 radical (unpaired) electrons. The lowest BCUT2D eigenvalue weighted by molar-refractivity contribution is 0.417. The highest BCUT2D eigenvalue weighted by Gasteiger charge is 2.15. The van der Waals surface area contributed by atoms with Crippen LogP contribution in [0.15, 0.2) is 80.0 Å².